The van der Waals surface area contributed by atoms with Gasteiger partial charge in [0.15, 0.2) is 0 Å². The summed E-state index contributed by atoms with van der Waals surface area (Å²) in [6, 6.07) is -0.852. The maximum absolute atomic E-state index is 13.9. The fraction of sp³-hybridized carbons (Fsp3) is 0.821. The van der Waals surface area contributed by atoms with Crippen molar-refractivity contribution in [3.63, 3.8) is 0 Å². The average molecular weight is 494 g/mol. The Morgan fingerprint density at radius 1 is 1.11 bits per heavy atom. The number of carbonyl (C=O) groups excluding carboxylic acids is 3. The monoisotopic (exact) mass is 493 g/mol. The van der Waals surface area contributed by atoms with Crippen LogP contribution in [0, 0.1) is 11.3 Å². The first-order valence-electron chi connectivity index (χ1n) is 13.5. The van der Waals surface area contributed by atoms with E-state index >= 15 is 0 Å². The minimum Gasteiger partial charge on any atom is -0.463 e. The predicted octanol–water partition coefficient (Wildman–Crippen LogP) is 4.55. The summed E-state index contributed by atoms with van der Waals surface area (Å²) < 4.78 is 5.15. The molecule has 7 nitrogen and oxygen atoms in total. The first-order chi connectivity index (χ1) is 16.3. The summed E-state index contributed by atoms with van der Waals surface area (Å²) in [7, 11) is 1.77. The number of hydrogen-bond acceptors (Lipinski definition) is 5. The minimum atomic E-state index is -0.677. The van der Waals surface area contributed by atoms with Gasteiger partial charge in [-0.3, -0.25) is 14.5 Å². The molecule has 1 fully saturated rings. The Morgan fingerprint density at radius 3 is 2.26 bits per heavy atom. The van der Waals surface area contributed by atoms with Crippen molar-refractivity contribution < 1.29 is 19.1 Å². The van der Waals surface area contributed by atoms with E-state index in [0.717, 1.165) is 38.6 Å². The quantitative estimate of drug-likeness (QED) is 0.337. The van der Waals surface area contributed by atoms with E-state index in [4.69, 9.17) is 4.74 Å². The molecule has 5 atom stereocenters. The van der Waals surface area contributed by atoms with Crippen LogP contribution in [0.25, 0.3) is 0 Å². The molecule has 1 heterocycles. The lowest BCUT2D eigenvalue weighted by atomic mass is 9.84. The molecule has 0 aliphatic carbocycles. The molecule has 7 heteroatoms. The van der Waals surface area contributed by atoms with Crippen molar-refractivity contribution in [2.45, 2.75) is 119 Å². The number of amides is 2. The number of piperidine rings is 1. The van der Waals surface area contributed by atoms with Crippen molar-refractivity contribution in [3.8, 4) is 0 Å². The third kappa shape index (κ3) is 8.62. The van der Waals surface area contributed by atoms with E-state index in [1.165, 1.54) is 0 Å². The van der Waals surface area contributed by atoms with Crippen LogP contribution in [-0.2, 0) is 19.1 Å². The zero-order valence-electron chi connectivity index (χ0n) is 23.9. The molecular formula is C28H51N3O4. The van der Waals surface area contributed by atoms with Gasteiger partial charge in [-0.15, -0.1) is 0 Å². The van der Waals surface area contributed by atoms with Gasteiger partial charge in [-0.1, -0.05) is 60.5 Å². The number of nitrogens with one attached hydrogen (secondary N) is 1. The summed E-state index contributed by atoms with van der Waals surface area (Å²) in [6.07, 6.45) is 6.59. The van der Waals surface area contributed by atoms with Gasteiger partial charge in [0, 0.05) is 18.7 Å². The van der Waals surface area contributed by atoms with Gasteiger partial charge in [-0.05, 0) is 57.9 Å². The first kappa shape index (κ1) is 31.1. The fourth-order valence-electron chi connectivity index (χ4n) is 4.70. The highest BCUT2D eigenvalue weighted by molar-refractivity contribution is 5.91. The van der Waals surface area contributed by atoms with Gasteiger partial charge in [0.2, 0.25) is 11.8 Å². The Bertz CT molecular complexity index is 743. The van der Waals surface area contributed by atoms with Crippen molar-refractivity contribution in [2.75, 3.05) is 20.2 Å². The van der Waals surface area contributed by atoms with E-state index in [1.807, 2.05) is 26.8 Å². The lowest BCUT2D eigenvalue weighted by Gasteiger charge is -2.41. The predicted molar refractivity (Wildman–Crippen MR) is 142 cm³/mol. The third-order valence-corrected chi connectivity index (χ3v) is 7.44. The van der Waals surface area contributed by atoms with Gasteiger partial charge < -0.3 is 15.0 Å². The smallest absolute Gasteiger partial charge is 0.333 e. The van der Waals surface area contributed by atoms with E-state index in [2.05, 4.69) is 37.9 Å². The molecule has 1 rings (SSSR count). The molecule has 202 valence electrons. The Labute approximate surface area is 214 Å². The summed E-state index contributed by atoms with van der Waals surface area (Å²) in [5.41, 5.74) is 0.0103. The molecule has 0 radical (unpaired) electrons. The molecule has 0 saturated carbocycles. The van der Waals surface area contributed by atoms with Gasteiger partial charge in [-0.25, -0.2) is 4.79 Å². The zero-order chi connectivity index (χ0) is 26.9. The molecule has 5 unspecified atom stereocenters. The fourth-order valence-corrected chi connectivity index (χ4v) is 4.70. The van der Waals surface area contributed by atoms with Crippen LogP contribution in [0.15, 0.2) is 11.6 Å². The summed E-state index contributed by atoms with van der Waals surface area (Å²) in [5, 5.41) is 3.14. The maximum Gasteiger partial charge on any atom is 0.333 e. The largest absolute Gasteiger partial charge is 0.463 e. The van der Waals surface area contributed by atoms with Crippen LogP contribution in [0.1, 0.15) is 94.4 Å². The molecule has 1 saturated heterocycles. The summed E-state index contributed by atoms with van der Waals surface area (Å²) >= 11 is 0. The molecular weight excluding hydrogens is 442 g/mol. The van der Waals surface area contributed by atoms with Crippen LogP contribution in [0.3, 0.4) is 0 Å². The van der Waals surface area contributed by atoms with E-state index in [9.17, 15) is 14.4 Å². The molecule has 0 aromatic rings. The number of carbonyl (C=O) groups is 3. The second kappa shape index (κ2) is 14.0. The molecule has 2 amide bonds. The lowest BCUT2D eigenvalue weighted by Crippen LogP contribution is -2.60. The molecule has 0 aromatic heterocycles. The molecule has 1 aliphatic rings. The number of esters is 1. The maximum atomic E-state index is 13.9. The van der Waals surface area contributed by atoms with Gasteiger partial charge >= 0.3 is 5.97 Å². The zero-order valence-corrected chi connectivity index (χ0v) is 23.9. The van der Waals surface area contributed by atoms with E-state index in [0.29, 0.717) is 18.2 Å². The van der Waals surface area contributed by atoms with E-state index in [1.54, 1.807) is 25.8 Å². The second-order valence-corrected chi connectivity index (χ2v) is 11.2. The standard InChI is InChI=1S/C28H51N3O4/c1-11-19(4)23(18-20(5)27(34)35-13-3)30(10)26(33)24(28(7,8)9)29-25(32)22-16-14-15-17-31(22)21(6)12-2/h18-19,21-24H,11-17H2,1-10H3,(H,29,32)/b20-18+. The van der Waals surface area contributed by atoms with Crippen LogP contribution in [-0.4, -0.2) is 72.0 Å². The molecule has 1 N–H and O–H groups in total. The van der Waals surface area contributed by atoms with Crippen molar-refractivity contribution >= 4 is 17.8 Å². The number of hydrogen-bond donors (Lipinski definition) is 1. The third-order valence-electron chi connectivity index (χ3n) is 7.44. The first-order valence-corrected chi connectivity index (χ1v) is 13.5. The van der Waals surface area contributed by atoms with Crippen LogP contribution < -0.4 is 5.32 Å². The van der Waals surface area contributed by atoms with Crippen molar-refractivity contribution in [1.29, 1.82) is 0 Å². The average Bonchev–Trinajstić information content (AvgIpc) is 2.82. The number of rotatable bonds is 11. The summed E-state index contributed by atoms with van der Waals surface area (Å²) in [5.74, 6) is -0.450. The van der Waals surface area contributed by atoms with Gasteiger partial charge in [0.25, 0.3) is 0 Å². The van der Waals surface area contributed by atoms with Crippen LogP contribution >= 0.6 is 0 Å². The van der Waals surface area contributed by atoms with Crippen molar-refractivity contribution in [3.05, 3.63) is 11.6 Å². The van der Waals surface area contributed by atoms with Crippen molar-refractivity contribution in [1.82, 2.24) is 15.1 Å². The number of likely N-dealkylation sites (tertiary alicyclic amines) is 1. The molecule has 0 bridgehead atoms. The summed E-state index contributed by atoms with van der Waals surface area (Å²) in [6.45, 7) is 19.1. The Balaban J connectivity index is 3.22. The van der Waals surface area contributed by atoms with Crippen LogP contribution in [0.5, 0.6) is 0 Å². The highest BCUT2D eigenvalue weighted by atomic mass is 16.5. The molecule has 35 heavy (non-hydrogen) atoms. The number of ether oxygens (including phenoxy) is 1. The highest BCUT2D eigenvalue weighted by Gasteiger charge is 2.40. The lowest BCUT2D eigenvalue weighted by molar-refractivity contribution is -0.142. The van der Waals surface area contributed by atoms with Gasteiger partial charge in [0.1, 0.15) is 6.04 Å². The van der Waals surface area contributed by atoms with Gasteiger partial charge in [-0.2, -0.15) is 0 Å². The number of likely N-dealkylation sites (N-methyl/N-ethyl adjacent to an activating group) is 1. The van der Waals surface area contributed by atoms with Crippen molar-refractivity contribution in [2.24, 2.45) is 11.3 Å². The second-order valence-electron chi connectivity index (χ2n) is 11.2. The Hall–Kier alpha value is -1.89. The normalized spacial score (nSPS) is 21.0. The van der Waals surface area contributed by atoms with Crippen LogP contribution in [0.4, 0.5) is 0 Å². The topological polar surface area (TPSA) is 79.0 Å². The van der Waals surface area contributed by atoms with E-state index in [-0.39, 0.29) is 35.8 Å². The van der Waals surface area contributed by atoms with E-state index < -0.39 is 11.5 Å². The molecule has 1 aliphatic heterocycles. The molecule has 0 spiro atoms. The van der Waals surface area contributed by atoms with Crippen LogP contribution in [0.2, 0.25) is 0 Å². The molecule has 0 aromatic carbocycles. The number of nitrogens with zero attached hydrogens (tertiary/aromatic N) is 2. The Kier molecular flexibility index (Phi) is 12.5. The Morgan fingerprint density at radius 2 is 1.74 bits per heavy atom. The highest BCUT2D eigenvalue weighted by Crippen LogP contribution is 2.26. The SMILES string of the molecule is CCOC(=O)/C(C)=C/C(C(C)CC)N(C)C(=O)C(NC(=O)C1CCCCN1C(C)CC)C(C)(C)C. The van der Waals surface area contributed by atoms with Gasteiger partial charge in [0.05, 0.1) is 18.7 Å². The minimum absolute atomic E-state index is 0.0648. The summed E-state index contributed by atoms with van der Waals surface area (Å²) in [4.78, 5) is 43.6.